The summed E-state index contributed by atoms with van der Waals surface area (Å²) in [5.41, 5.74) is 0.707. The topological polar surface area (TPSA) is 79.8 Å². The maximum atomic E-state index is 12.5. The fourth-order valence-corrected chi connectivity index (χ4v) is 1.88. The minimum atomic E-state index is -0.262. The lowest BCUT2D eigenvalue weighted by atomic mass is 10.1. The van der Waals surface area contributed by atoms with Gasteiger partial charge in [-0.1, -0.05) is 0 Å². The Morgan fingerprint density at radius 3 is 1.42 bits per heavy atom. The molecule has 0 aliphatic rings. The van der Waals surface area contributed by atoms with Crippen LogP contribution in [-0.4, -0.2) is 44.2 Å². The highest BCUT2D eigenvalue weighted by Crippen LogP contribution is 2.28. The molecule has 0 saturated heterocycles. The summed E-state index contributed by atoms with van der Waals surface area (Å²) in [5.74, 6) is 1.11. The number of ether oxygens (including phenoxy) is 4. The van der Waals surface area contributed by atoms with Gasteiger partial charge < -0.3 is 18.9 Å². The molecule has 0 fully saturated rings. The number of aromatic nitrogens is 2. The summed E-state index contributed by atoms with van der Waals surface area (Å²) in [5, 5.41) is 0. The Kier molecular flexibility index (Phi) is 8.87. The number of rotatable bonds is 6. The van der Waals surface area contributed by atoms with Crippen molar-refractivity contribution >= 4 is 30.6 Å². The third-order valence-electron chi connectivity index (χ3n) is 2.99. The van der Waals surface area contributed by atoms with E-state index in [1.807, 2.05) is 0 Å². The molecular weight excluding hydrogens is 359 g/mol. The minimum Gasteiger partial charge on any atom is -0.491 e. The van der Waals surface area contributed by atoms with Crippen LogP contribution in [0, 0.1) is 0 Å². The van der Waals surface area contributed by atoms with E-state index in [4.69, 9.17) is 18.9 Å². The summed E-state index contributed by atoms with van der Waals surface area (Å²) >= 11 is 0. The van der Waals surface area contributed by atoms with Crippen LogP contribution >= 0.6 is 24.8 Å². The number of hydrogen-bond donors (Lipinski definition) is 0. The van der Waals surface area contributed by atoms with Crippen molar-refractivity contribution in [3.05, 3.63) is 35.7 Å². The molecule has 2 aromatic heterocycles. The monoisotopic (exact) mass is 376 g/mol. The normalized spacial score (nSPS) is 9.17. The van der Waals surface area contributed by atoms with Crippen LogP contribution in [0.5, 0.6) is 23.3 Å². The Morgan fingerprint density at radius 1 is 0.750 bits per heavy atom. The molecular formula is C15H18Cl2N2O5. The number of carbonyl (C=O) groups is 1. The maximum Gasteiger partial charge on any atom is 0.256 e. The fraction of sp³-hybridized carbons (Fsp3) is 0.267. The largest absolute Gasteiger partial charge is 0.491 e. The van der Waals surface area contributed by atoms with E-state index in [0.29, 0.717) is 34.4 Å². The van der Waals surface area contributed by atoms with Crippen LogP contribution in [0.25, 0.3) is 0 Å². The molecule has 0 amide bonds. The van der Waals surface area contributed by atoms with Crippen LogP contribution in [0.1, 0.15) is 15.9 Å². The summed E-state index contributed by atoms with van der Waals surface area (Å²) in [7, 11) is 5.91. The Hall–Kier alpha value is -2.25. The van der Waals surface area contributed by atoms with Gasteiger partial charge in [0.05, 0.1) is 28.4 Å². The van der Waals surface area contributed by atoms with Gasteiger partial charge in [-0.3, -0.25) is 4.79 Å². The highest BCUT2D eigenvalue weighted by atomic mass is 35.5. The summed E-state index contributed by atoms with van der Waals surface area (Å²) in [4.78, 5) is 20.6. The number of hydrogen-bond acceptors (Lipinski definition) is 7. The van der Waals surface area contributed by atoms with Gasteiger partial charge in [-0.2, -0.15) is 0 Å². The van der Waals surface area contributed by atoms with Crippen molar-refractivity contribution in [2.45, 2.75) is 0 Å². The molecule has 0 aromatic carbocycles. The van der Waals surface area contributed by atoms with Gasteiger partial charge in [-0.15, -0.1) is 24.8 Å². The van der Waals surface area contributed by atoms with Crippen molar-refractivity contribution in [1.82, 2.24) is 9.97 Å². The van der Waals surface area contributed by atoms with Crippen LogP contribution in [0.4, 0.5) is 0 Å². The second kappa shape index (κ2) is 9.79. The molecule has 0 N–H and O–H groups in total. The van der Waals surface area contributed by atoms with Crippen molar-refractivity contribution in [1.29, 1.82) is 0 Å². The summed E-state index contributed by atoms with van der Waals surface area (Å²) in [6.07, 6.45) is 2.83. The van der Waals surface area contributed by atoms with E-state index in [0.717, 1.165) is 0 Å². The van der Waals surface area contributed by atoms with Gasteiger partial charge >= 0.3 is 0 Å². The summed E-state index contributed by atoms with van der Waals surface area (Å²) in [6.45, 7) is 0. The Labute approximate surface area is 152 Å². The van der Waals surface area contributed by atoms with Crippen LogP contribution < -0.4 is 18.9 Å². The molecule has 0 unspecified atom stereocenters. The lowest BCUT2D eigenvalue weighted by Gasteiger charge is -2.09. The van der Waals surface area contributed by atoms with Crippen molar-refractivity contribution in [2.24, 2.45) is 0 Å². The van der Waals surface area contributed by atoms with Gasteiger partial charge in [0.15, 0.2) is 17.3 Å². The Morgan fingerprint density at radius 2 is 1.12 bits per heavy atom. The van der Waals surface area contributed by atoms with Gasteiger partial charge in [0, 0.05) is 23.5 Å². The first-order valence-electron chi connectivity index (χ1n) is 6.35. The fourth-order valence-electron chi connectivity index (χ4n) is 1.88. The lowest BCUT2D eigenvalue weighted by molar-refractivity contribution is 0.103. The molecule has 24 heavy (non-hydrogen) atoms. The molecule has 0 saturated carbocycles. The van der Waals surface area contributed by atoms with E-state index in [9.17, 15) is 4.79 Å². The smallest absolute Gasteiger partial charge is 0.256 e. The van der Waals surface area contributed by atoms with Crippen LogP contribution in [0.15, 0.2) is 24.5 Å². The second-order valence-electron chi connectivity index (χ2n) is 4.20. The predicted octanol–water partition coefficient (Wildman–Crippen LogP) is 2.59. The van der Waals surface area contributed by atoms with Gasteiger partial charge in [-0.25, -0.2) is 9.97 Å². The van der Waals surface area contributed by atoms with Gasteiger partial charge in [0.25, 0.3) is 11.8 Å². The first-order chi connectivity index (χ1) is 10.6. The number of ketones is 1. The number of carbonyl (C=O) groups excluding carboxylic acids is 1. The van der Waals surface area contributed by atoms with Crippen molar-refractivity contribution in [3.63, 3.8) is 0 Å². The second-order valence-corrected chi connectivity index (χ2v) is 4.20. The average Bonchev–Trinajstić information content (AvgIpc) is 2.59. The van der Waals surface area contributed by atoms with Crippen molar-refractivity contribution in [2.75, 3.05) is 28.4 Å². The molecule has 0 radical (unpaired) electrons. The Balaban J connectivity index is 0.00000264. The highest BCUT2D eigenvalue weighted by molar-refractivity contribution is 6.09. The quantitative estimate of drug-likeness (QED) is 0.716. The molecule has 2 rings (SSSR count). The van der Waals surface area contributed by atoms with E-state index >= 15 is 0 Å². The predicted molar refractivity (Wildman–Crippen MR) is 92.6 cm³/mol. The SMILES string of the molecule is COc1cc(C(=O)c2cnc(OC)c(OC)c2)cnc1OC.Cl.Cl. The van der Waals surface area contributed by atoms with E-state index in [1.165, 1.54) is 40.8 Å². The average molecular weight is 377 g/mol. The molecule has 0 aliphatic carbocycles. The molecule has 0 aliphatic heterocycles. The zero-order valence-corrected chi connectivity index (χ0v) is 15.2. The van der Waals surface area contributed by atoms with Gasteiger partial charge in [0.1, 0.15) is 0 Å². The summed E-state index contributed by atoms with van der Waals surface area (Å²) < 4.78 is 20.4. The van der Waals surface area contributed by atoms with Crippen molar-refractivity contribution < 1.29 is 23.7 Å². The number of nitrogens with zero attached hydrogens (tertiary/aromatic N) is 2. The third kappa shape index (κ3) is 4.39. The first kappa shape index (κ1) is 21.8. The van der Waals surface area contributed by atoms with Crippen LogP contribution in [-0.2, 0) is 0 Å². The van der Waals surface area contributed by atoms with Crippen LogP contribution in [0.2, 0.25) is 0 Å². The van der Waals surface area contributed by atoms with Crippen LogP contribution in [0.3, 0.4) is 0 Å². The van der Waals surface area contributed by atoms with E-state index in [-0.39, 0.29) is 30.6 Å². The molecule has 0 spiro atoms. The maximum absolute atomic E-state index is 12.5. The molecule has 0 bridgehead atoms. The molecule has 9 heteroatoms. The van der Waals surface area contributed by atoms with E-state index in [2.05, 4.69) is 9.97 Å². The van der Waals surface area contributed by atoms with E-state index in [1.54, 1.807) is 12.1 Å². The molecule has 0 atom stereocenters. The highest BCUT2D eigenvalue weighted by Gasteiger charge is 2.16. The molecule has 2 heterocycles. The molecule has 7 nitrogen and oxygen atoms in total. The van der Waals surface area contributed by atoms with Gasteiger partial charge in [0.2, 0.25) is 0 Å². The molecule has 132 valence electrons. The zero-order valence-electron chi connectivity index (χ0n) is 13.6. The number of halogens is 2. The number of methoxy groups -OCH3 is 4. The molecule has 2 aromatic rings. The minimum absolute atomic E-state index is 0. The summed E-state index contributed by atoms with van der Waals surface area (Å²) in [6, 6.07) is 3.12. The Bertz CT molecular complexity index is 640. The van der Waals surface area contributed by atoms with Gasteiger partial charge in [-0.05, 0) is 12.1 Å². The standard InChI is InChI=1S/C15H16N2O5.2ClH/c1-19-11-5-9(7-16-14(11)21-3)13(18)10-6-12(20-2)15(22-4)17-8-10;;/h5-8H,1-4H3;2*1H. The first-order valence-corrected chi connectivity index (χ1v) is 6.35. The number of pyridine rings is 2. The zero-order chi connectivity index (χ0) is 16.1. The third-order valence-corrected chi connectivity index (χ3v) is 2.99. The lowest BCUT2D eigenvalue weighted by Crippen LogP contribution is -2.05. The van der Waals surface area contributed by atoms with Crippen molar-refractivity contribution in [3.8, 4) is 23.3 Å². The van der Waals surface area contributed by atoms with E-state index < -0.39 is 0 Å².